The minimum atomic E-state index is 0.132. The zero-order valence-electron chi connectivity index (χ0n) is 13.6. The van der Waals surface area contributed by atoms with Gasteiger partial charge < -0.3 is 10.2 Å². The van der Waals surface area contributed by atoms with E-state index < -0.39 is 0 Å². The van der Waals surface area contributed by atoms with E-state index in [0.717, 1.165) is 24.8 Å². The maximum absolute atomic E-state index is 4.50. The largest absolute Gasteiger partial charge is 0.369 e. The Kier molecular flexibility index (Phi) is 4.18. The second kappa shape index (κ2) is 5.93. The lowest BCUT2D eigenvalue weighted by Crippen LogP contribution is -2.50. The van der Waals surface area contributed by atoms with Gasteiger partial charge in [-0.2, -0.15) is 0 Å². The SMILES string of the molecule is CC(C)(C)NCc1cc(N2CCN3CCCC3C2)ccn1. The highest BCUT2D eigenvalue weighted by Gasteiger charge is 2.30. The Morgan fingerprint density at radius 1 is 1.29 bits per heavy atom. The van der Waals surface area contributed by atoms with E-state index in [0.29, 0.717) is 0 Å². The first-order chi connectivity index (χ1) is 10.0. The molecule has 1 N–H and O–H groups in total. The van der Waals surface area contributed by atoms with Gasteiger partial charge in [-0.05, 0) is 52.3 Å². The highest BCUT2D eigenvalue weighted by Crippen LogP contribution is 2.25. The van der Waals surface area contributed by atoms with Crippen molar-refractivity contribution in [3.63, 3.8) is 0 Å². The third kappa shape index (κ3) is 3.74. The molecule has 4 heteroatoms. The van der Waals surface area contributed by atoms with Crippen molar-refractivity contribution in [1.82, 2.24) is 15.2 Å². The predicted molar refractivity (Wildman–Crippen MR) is 87.6 cm³/mol. The molecule has 1 aromatic rings. The normalized spacial score (nSPS) is 23.4. The number of pyridine rings is 1. The summed E-state index contributed by atoms with van der Waals surface area (Å²) in [5, 5.41) is 3.52. The van der Waals surface area contributed by atoms with E-state index in [4.69, 9.17) is 0 Å². The Morgan fingerprint density at radius 2 is 2.14 bits per heavy atom. The number of anilines is 1. The number of rotatable bonds is 3. The molecule has 21 heavy (non-hydrogen) atoms. The fourth-order valence-electron chi connectivity index (χ4n) is 3.34. The summed E-state index contributed by atoms with van der Waals surface area (Å²) in [6.45, 7) is 12.2. The van der Waals surface area contributed by atoms with Gasteiger partial charge in [-0.25, -0.2) is 0 Å². The fraction of sp³-hybridized carbons (Fsp3) is 0.706. The number of fused-ring (bicyclic) bond motifs is 1. The van der Waals surface area contributed by atoms with Crippen molar-refractivity contribution in [1.29, 1.82) is 0 Å². The highest BCUT2D eigenvalue weighted by molar-refractivity contribution is 5.47. The van der Waals surface area contributed by atoms with Gasteiger partial charge in [0, 0.05) is 49.6 Å². The van der Waals surface area contributed by atoms with Crippen LogP contribution in [0.3, 0.4) is 0 Å². The van der Waals surface area contributed by atoms with E-state index in [2.05, 4.69) is 53.0 Å². The summed E-state index contributed by atoms with van der Waals surface area (Å²) in [5.41, 5.74) is 2.60. The predicted octanol–water partition coefficient (Wildman–Crippen LogP) is 2.25. The van der Waals surface area contributed by atoms with Crippen LogP contribution in [0.5, 0.6) is 0 Å². The molecule has 4 nitrogen and oxygen atoms in total. The summed E-state index contributed by atoms with van der Waals surface area (Å²) in [7, 11) is 0. The van der Waals surface area contributed by atoms with Crippen molar-refractivity contribution in [3.05, 3.63) is 24.0 Å². The molecular formula is C17H28N4. The van der Waals surface area contributed by atoms with E-state index in [1.54, 1.807) is 0 Å². The summed E-state index contributed by atoms with van der Waals surface area (Å²) in [4.78, 5) is 9.69. The molecule has 0 aromatic carbocycles. The van der Waals surface area contributed by atoms with Crippen molar-refractivity contribution < 1.29 is 0 Å². The lowest BCUT2D eigenvalue weighted by Gasteiger charge is -2.38. The third-order valence-corrected chi connectivity index (χ3v) is 4.55. The smallest absolute Gasteiger partial charge is 0.0562 e. The summed E-state index contributed by atoms with van der Waals surface area (Å²) < 4.78 is 0. The van der Waals surface area contributed by atoms with Crippen LogP contribution in [0.25, 0.3) is 0 Å². The molecule has 2 fully saturated rings. The molecule has 2 aliphatic rings. The molecule has 0 spiro atoms. The Labute approximate surface area is 128 Å². The van der Waals surface area contributed by atoms with Crippen LogP contribution in [-0.2, 0) is 6.54 Å². The highest BCUT2D eigenvalue weighted by atomic mass is 15.3. The molecule has 0 aliphatic carbocycles. The van der Waals surface area contributed by atoms with Gasteiger partial charge in [0.05, 0.1) is 5.69 Å². The average molecular weight is 288 g/mol. The lowest BCUT2D eigenvalue weighted by molar-refractivity contribution is 0.231. The number of nitrogens with one attached hydrogen (secondary N) is 1. The van der Waals surface area contributed by atoms with Crippen LogP contribution in [0.4, 0.5) is 5.69 Å². The molecule has 116 valence electrons. The first-order valence-electron chi connectivity index (χ1n) is 8.20. The molecule has 0 radical (unpaired) electrons. The monoisotopic (exact) mass is 288 g/mol. The van der Waals surface area contributed by atoms with Gasteiger partial charge in [0.1, 0.15) is 0 Å². The van der Waals surface area contributed by atoms with Crippen LogP contribution in [0, 0.1) is 0 Å². The zero-order chi connectivity index (χ0) is 14.9. The van der Waals surface area contributed by atoms with Crippen LogP contribution < -0.4 is 10.2 Å². The van der Waals surface area contributed by atoms with Crippen LogP contribution in [0.15, 0.2) is 18.3 Å². The molecule has 1 atom stereocenters. The molecule has 0 bridgehead atoms. The van der Waals surface area contributed by atoms with Crippen LogP contribution in [0.1, 0.15) is 39.3 Å². The lowest BCUT2D eigenvalue weighted by atomic mass is 10.1. The maximum atomic E-state index is 4.50. The van der Waals surface area contributed by atoms with Crippen LogP contribution in [-0.4, -0.2) is 47.6 Å². The molecule has 3 rings (SSSR count). The Bertz CT molecular complexity index is 480. The number of nitrogens with zero attached hydrogens (tertiary/aromatic N) is 3. The second-order valence-corrected chi connectivity index (χ2v) is 7.39. The minimum Gasteiger partial charge on any atom is -0.369 e. The first-order valence-corrected chi connectivity index (χ1v) is 8.20. The number of hydrogen-bond donors (Lipinski definition) is 1. The molecule has 0 amide bonds. The molecule has 3 heterocycles. The van der Waals surface area contributed by atoms with Crippen molar-refractivity contribution in [2.24, 2.45) is 0 Å². The van der Waals surface area contributed by atoms with Crippen molar-refractivity contribution in [3.8, 4) is 0 Å². The van der Waals surface area contributed by atoms with Gasteiger partial charge in [0.25, 0.3) is 0 Å². The van der Waals surface area contributed by atoms with Crippen LogP contribution in [0.2, 0.25) is 0 Å². The van der Waals surface area contributed by atoms with Gasteiger partial charge in [-0.15, -0.1) is 0 Å². The minimum absolute atomic E-state index is 0.132. The molecule has 0 saturated carbocycles. The number of aromatic nitrogens is 1. The van der Waals surface area contributed by atoms with E-state index in [1.807, 2.05) is 6.20 Å². The maximum Gasteiger partial charge on any atom is 0.0562 e. The summed E-state index contributed by atoms with van der Waals surface area (Å²) in [5.74, 6) is 0. The van der Waals surface area contributed by atoms with Crippen molar-refractivity contribution in [2.45, 2.75) is 51.7 Å². The van der Waals surface area contributed by atoms with Gasteiger partial charge in [-0.1, -0.05) is 0 Å². The van der Waals surface area contributed by atoms with E-state index in [9.17, 15) is 0 Å². The molecule has 2 aliphatic heterocycles. The number of piperazine rings is 1. The van der Waals surface area contributed by atoms with Gasteiger partial charge in [0.2, 0.25) is 0 Å². The Morgan fingerprint density at radius 3 is 2.95 bits per heavy atom. The quantitative estimate of drug-likeness (QED) is 0.924. The Hall–Kier alpha value is -1.13. The van der Waals surface area contributed by atoms with Crippen molar-refractivity contribution >= 4 is 5.69 Å². The topological polar surface area (TPSA) is 31.4 Å². The summed E-state index contributed by atoms with van der Waals surface area (Å²) >= 11 is 0. The third-order valence-electron chi connectivity index (χ3n) is 4.55. The fourth-order valence-corrected chi connectivity index (χ4v) is 3.34. The molecular weight excluding hydrogens is 260 g/mol. The molecule has 1 unspecified atom stereocenters. The van der Waals surface area contributed by atoms with Crippen molar-refractivity contribution in [2.75, 3.05) is 31.1 Å². The first kappa shape index (κ1) is 14.8. The standard InChI is InChI=1S/C17H28N4/c1-17(2,3)19-12-14-11-15(6-7-18-14)21-10-9-20-8-4-5-16(20)13-21/h6-7,11,16,19H,4-5,8-10,12-13H2,1-3H3. The van der Waals surface area contributed by atoms with E-state index in [-0.39, 0.29) is 5.54 Å². The molecule has 1 aromatic heterocycles. The second-order valence-electron chi connectivity index (χ2n) is 7.39. The zero-order valence-corrected chi connectivity index (χ0v) is 13.6. The van der Waals surface area contributed by atoms with Crippen LogP contribution >= 0.6 is 0 Å². The average Bonchev–Trinajstić information content (AvgIpc) is 2.92. The van der Waals surface area contributed by atoms with E-state index >= 15 is 0 Å². The van der Waals surface area contributed by atoms with Gasteiger partial charge >= 0.3 is 0 Å². The van der Waals surface area contributed by atoms with E-state index in [1.165, 1.54) is 38.2 Å². The van der Waals surface area contributed by atoms with Gasteiger partial charge in [-0.3, -0.25) is 9.88 Å². The van der Waals surface area contributed by atoms with Gasteiger partial charge in [0.15, 0.2) is 0 Å². The molecule has 2 saturated heterocycles. The summed E-state index contributed by atoms with van der Waals surface area (Å²) in [6.07, 6.45) is 4.69. The Balaban J connectivity index is 1.65. The number of hydrogen-bond acceptors (Lipinski definition) is 4. The summed E-state index contributed by atoms with van der Waals surface area (Å²) in [6, 6.07) is 5.18.